The van der Waals surface area contributed by atoms with E-state index in [4.69, 9.17) is 9.47 Å². The van der Waals surface area contributed by atoms with Crippen molar-refractivity contribution in [1.82, 2.24) is 0 Å². The summed E-state index contributed by atoms with van der Waals surface area (Å²) in [4.78, 5) is 11.8. The van der Waals surface area contributed by atoms with E-state index in [-0.39, 0.29) is 12.2 Å². The minimum atomic E-state index is -1.36. The normalized spacial score (nSPS) is 25.7. The number of aliphatic hydroxyl groups is 1. The van der Waals surface area contributed by atoms with Gasteiger partial charge >= 0.3 is 5.97 Å². The van der Waals surface area contributed by atoms with Crippen LogP contribution in [0.15, 0.2) is 48.6 Å². The summed E-state index contributed by atoms with van der Waals surface area (Å²) >= 11 is 0. The predicted molar refractivity (Wildman–Crippen MR) is 106 cm³/mol. The second kappa shape index (κ2) is 12.7. The van der Waals surface area contributed by atoms with Gasteiger partial charge in [0.1, 0.15) is 6.10 Å². The molecule has 1 N–H and O–H groups in total. The third-order valence-electron chi connectivity index (χ3n) is 4.42. The first-order valence-corrected chi connectivity index (χ1v) is 9.57. The largest absolute Gasteiger partial charge is 0.457 e. The molecule has 146 valence electrons. The number of carbonyl (C=O) groups excluding carboxylic acids is 1. The van der Waals surface area contributed by atoms with Crippen LogP contribution in [-0.4, -0.2) is 36.0 Å². The van der Waals surface area contributed by atoms with Crippen molar-refractivity contribution in [1.29, 1.82) is 0 Å². The van der Waals surface area contributed by atoms with Crippen molar-refractivity contribution < 1.29 is 19.4 Å². The Morgan fingerprint density at radius 2 is 1.65 bits per heavy atom. The van der Waals surface area contributed by atoms with Crippen molar-refractivity contribution in [3.8, 4) is 0 Å². The second-order valence-electron chi connectivity index (χ2n) is 6.77. The molecule has 0 aromatic heterocycles. The van der Waals surface area contributed by atoms with E-state index >= 15 is 0 Å². The highest BCUT2D eigenvalue weighted by atomic mass is 16.6. The molecule has 1 aliphatic heterocycles. The smallest absolute Gasteiger partial charge is 0.338 e. The standard InChI is InChI=1S/C22H34O4/c1-4-5-6-7-8-9-10-11-12-13-14-15-16-19(25-3)20-17-18-22(2,24)21(23)26-20/h5-6,8-9,11-12,14-15,19-20,24H,4,7,10,13,16-18H2,1-3H3/b6-5-,9-8-,12-11-,15-14-. The number of hydrogen-bond donors (Lipinski definition) is 1. The molecule has 4 nitrogen and oxygen atoms in total. The summed E-state index contributed by atoms with van der Waals surface area (Å²) in [6, 6.07) is 0. The van der Waals surface area contributed by atoms with E-state index in [1.807, 2.05) is 0 Å². The number of rotatable bonds is 11. The molecule has 0 spiro atoms. The summed E-state index contributed by atoms with van der Waals surface area (Å²) in [6.07, 6.45) is 22.3. The van der Waals surface area contributed by atoms with Gasteiger partial charge in [-0.05, 0) is 51.9 Å². The Labute approximate surface area is 158 Å². The molecule has 1 fully saturated rings. The maximum absolute atomic E-state index is 11.8. The first-order chi connectivity index (χ1) is 12.5. The Balaban J connectivity index is 2.24. The maximum atomic E-state index is 11.8. The fourth-order valence-electron chi connectivity index (χ4n) is 2.72. The van der Waals surface area contributed by atoms with E-state index < -0.39 is 11.6 Å². The number of carbonyl (C=O) groups is 1. The predicted octanol–water partition coefficient (Wildman–Crippen LogP) is 4.65. The van der Waals surface area contributed by atoms with Crippen molar-refractivity contribution in [2.75, 3.05) is 7.11 Å². The zero-order chi connectivity index (χ0) is 19.3. The van der Waals surface area contributed by atoms with Crippen molar-refractivity contribution >= 4 is 5.97 Å². The molecule has 0 amide bonds. The first-order valence-electron chi connectivity index (χ1n) is 9.57. The molecule has 3 unspecified atom stereocenters. The lowest BCUT2D eigenvalue weighted by molar-refractivity contribution is -0.188. The molecule has 26 heavy (non-hydrogen) atoms. The van der Waals surface area contributed by atoms with E-state index in [2.05, 4.69) is 55.5 Å². The van der Waals surface area contributed by atoms with Gasteiger partial charge in [-0.1, -0.05) is 55.5 Å². The summed E-state index contributed by atoms with van der Waals surface area (Å²) in [5.74, 6) is -0.555. The van der Waals surface area contributed by atoms with Crippen molar-refractivity contribution in [2.24, 2.45) is 0 Å². The van der Waals surface area contributed by atoms with Crippen LogP contribution in [0.1, 0.15) is 58.8 Å². The zero-order valence-electron chi connectivity index (χ0n) is 16.4. The van der Waals surface area contributed by atoms with E-state index in [0.717, 1.165) is 25.7 Å². The average Bonchev–Trinajstić information content (AvgIpc) is 2.62. The molecule has 0 radical (unpaired) electrons. The molecule has 0 saturated carbocycles. The van der Waals surface area contributed by atoms with Crippen LogP contribution in [0.3, 0.4) is 0 Å². The quantitative estimate of drug-likeness (QED) is 0.429. The van der Waals surface area contributed by atoms with Crippen LogP contribution in [0, 0.1) is 0 Å². The van der Waals surface area contributed by atoms with Gasteiger partial charge in [0.05, 0.1) is 6.10 Å². The fourth-order valence-corrected chi connectivity index (χ4v) is 2.72. The van der Waals surface area contributed by atoms with Crippen molar-refractivity contribution in [3.05, 3.63) is 48.6 Å². The molecule has 0 aliphatic carbocycles. The third-order valence-corrected chi connectivity index (χ3v) is 4.42. The third kappa shape index (κ3) is 8.63. The fraction of sp³-hybridized carbons (Fsp3) is 0.591. The minimum absolute atomic E-state index is 0.172. The second-order valence-corrected chi connectivity index (χ2v) is 6.77. The van der Waals surface area contributed by atoms with Gasteiger partial charge in [-0.15, -0.1) is 0 Å². The Bertz CT molecular complexity index is 514. The van der Waals surface area contributed by atoms with E-state index in [9.17, 15) is 9.90 Å². The molecule has 0 bridgehead atoms. The van der Waals surface area contributed by atoms with E-state index in [1.54, 1.807) is 7.11 Å². The first kappa shape index (κ1) is 22.4. The van der Waals surface area contributed by atoms with Gasteiger partial charge in [-0.25, -0.2) is 4.79 Å². The summed E-state index contributed by atoms with van der Waals surface area (Å²) < 4.78 is 10.8. The molecular weight excluding hydrogens is 328 g/mol. The van der Waals surface area contributed by atoms with E-state index in [1.165, 1.54) is 6.92 Å². The SMILES string of the molecule is CC/C=C\C/C=C\C/C=C\C/C=C\CC(OC)C1CCC(C)(O)C(=O)O1. The molecule has 0 aromatic carbocycles. The van der Waals surface area contributed by atoms with Crippen LogP contribution >= 0.6 is 0 Å². The highest BCUT2D eigenvalue weighted by Crippen LogP contribution is 2.27. The summed E-state index contributed by atoms with van der Waals surface area (Å²) in [6.45, 7) is 3.63. The summed E-state index contributed by atoms with van der Waals surface area (Å²) in [5.41, 5.74) is -1.36. The molecular formula is C22H34O4. The summed E-state index contributed by atoms with van der Waals surface area (Å²) in [5, 5.41) is 9.86. The van der Waals surface area contributed by atoms with Gasteiger partial charge in [-0.2, -0.15) is 0 Å². The Morgan fingerprint density at radius 1 is 1.12 bits per heavy atom. The van der Waals surface area contributed by atoms with Crippen LogP contribution in [-0.2, 0) is 14.3 Å². The van der Waals surface area contributed by atoms with E-state index in [0.29, 0.717) is 19.3 Å². The number of cyclic esters (lactones) is 1. The monoisotopic (exact) mass is 362 g/mol. The van der Waals surface area contributed by atoms with Gasteiger partial charge in [0.25, 0.3) is 0 Å². The molecule has 1 heterocycles. The van der Waals surface area contributed by atoms with Crippen LogP contribution in [0.2, 0.25) is 0 Å². The highest BCUT2D eigenvalue weighted by molar-refractivity contribution is 5.79. The van der Waals surface area contributed by atoms with Crippen molar-refractivity contribution in [2.45, 2.75) is 76.6 Å². The number of hydrogen-bond acceptors (Lipinski definition) is 4. The van der Waals surface area contributed by atoms with Gasteiger partial charge in [0.15, 0.2) is 5.60 Å². The minimum Gasteiger partial charge on any atom is -0.457 e. The highest BCUT2D eigenvalue weighted by Gasteiger charge is 2.41. The molecule has 1 saturated heterocycles. The van der Waals surface area contributed by atoms with Crippen LogP contribution in [0.5, 0.6) is 0 Å². The lowest BCUT2D eigenvalue weighted by Crippen LogP contribution is -2.48. The topological polar surface area (TPSA) is 55.8 Å². The molecule has 1 rings (SSSR count). The number of ether oxygens (including phenoxy) is 2. The average molecular weight is 363 g/mol. The Morgan fingerprint density at radius 3 is 2.15 bits per heavy atom. The van der Waals surface area contributed by atoms with Crippen molar-refractivity contribution in [3.63, 3.8) is 0 Å². The van der Waals surface area contributed by atoms with Gasteiger partial charge in [0.2, 0.25) is 0 Å². The van der Waals surface area contributed by atoms with Gasteiger partial charge in [0, 0.05) is 7.11 Å². The maximum Gasteiger partial charge on any atom is 0.338 e. The molecule has 4 heteroatoms. The summed E-state index contributed by atoms with van der Waals surface area (Å²) in [7, 11) is 1.63. The number of allylic oxidation sites excluding steroid dienone is 7. The molecule has 3 atom stereocenters. The lowest BCUT2D eigenvalue weighted by atomic mass is 9.92. The van der Waals surface area contributed by atoms with Gasteiger partial charge < -0.3 is 14.6 Å². The zero-order valence-corrected chi connectivity index (χ0v) is 16.4. The van der Waals surface area contributed by atoms with Crippen LogP contribution in [0.4, 0.5) is 0 Å². The van der Waals surface area contributed by atoms with Crippen LogP contribution < -0.4 is 0 Å². The number of methoxy groups -OCH3 is 1. The Hall–Kier alpha value is -1.65. The molecule has 0 aromatic rings. The number of esters is 1. The van der Waals surface area contributed by atoms with Crippen LogP contribution in [0.25, 0.3) is 0 Å². The lowest BCUT2D eigenvalue weighted by Gasteiger charge is -2.35. The molecule has 1 aliphatic rings. The Kier molecular flexibility index (Phi) is 10.9. The van der Waals surface area contributed by atoms with Gasteiger partial charge in [-0.3, -0.25) is 0 Å².